The van der Waals surface area contributed by atoms with Crippen LogP contribution < -0.4 is 10.6 Å². The number of nitrogens with two attached hydrogens (primary N) is 1. The standard InChI is InChI=1S/C16H16FN3O3S2/c1-10-15(21)20(16(24-10)11-2-4-12(17)5-3-11)19-13-6-8-14(9-7-13)25(18,22)23/h2-10,16,19H,1H3,(H2,18,22,23). The van der Waals surface area contributed by atoms with Gasteiger partial charge in [-0.25, -0.2) is 23.0 Å². The van der Waals surface area contributed by atoms with Crippen LogP contribution in [-0.2, 0) is 14.8 Å². The lowest BCUT2D eigenvalue weighted by atomic mass is 10.2. The Morgan fingerprint density at radius 2 is 1.72 bits per heavy atom. The summed E-state index contributed by atoms with van der Waals surface area (Å²) in [4.78, 5) is 12.4. The fraction of sp³-hybridized carbons (Fsp3) is 0.188. The minimum Gasteiger partial charge on any atom is -0.295 e. The summed E-state index contributed by atoms with van der Waals surface area (Å²) < 4.78 is 35.8. The number of amides is 1. The molecule has 2 unspecified atom stereocenters. The fourth-order valence-corrected chi connectivity index (χ4v) is 4.18. The summed E-state index contributed by atoms with van der Waals surface area (Å²) in [6.45, 7) is 1.80. The fourth-order valence-electron chi connectivity index (χ4n) is 2.45. The van der Waals surface area contributed by atoms with Crippen molar-refractivity contribution in [2.24, 2.45) is 5.14 Å². The van der Waals surface area contributed by atoms with Crippen LogP contribution in [0.25, 0.3) is 0 Å². The number of nitrogens with zero attached hydrogens (tertiary/aromatic N) is 1. The van der Waals surface area contributed by atoms with Gasteiger partial charge in [-0.15, -0.1) is 11.8 Å². The second-order valence-corrected chi connectivity index (χ2v) is 8.56. The molecule has 0 aliphatic carbocycles. The van der Waals surface area contributed by atoms with Gasteiger partial charge in [0.1, 0.15) is 11.2 Å². The lowest BCUT2D eigenvalue weighted by Gasteiger charge is -2.25. The largest absolute Gasteiger partial charge is 0.295 e. The van der Waals surface area contributed by atoms with Crippen LogP contribution in [0.2, 0.25) is 0 Å². The summed E-state index contributed by atoms with van der Waals surface area (Å²) >= 11 is 1.44. The van der Waals surface area contributed by atoms with Gasteiger partial charge in [0.2, 0.25) is 10.0 Å². The van der Waals surface area contributed by atoms with E-state index in [-0.39, 0.29) is 27.2 Å². The Balaban J connectivity index is 1.85. The molecule has 25 heavy (non-hydrogen) atoms. The molecule has 0 radical (unpaired) electrons. The third kappa shape index (κ3) is 3.78. The molecule has 6 nitrogen and oxygen atoms in total. The first-order valence-corrected chi connectivity index (χ1v) is 9.88. The maximum atomic E-state index is 13.1. The van der Waals surface area contributed by atoms with E-state index in [1.807, 2.05) is 0 Å². The molecule has 2 aromatic rings. The number of carbonyl (C=O) groups is 1. The van der Waals surface area contributed by atoms with E-state index in [0.717, 1.165) is 5.56 Å². The van der Waals surface area contributed by atoms with Gasteiger partial charge in [0.15, 0.2) is 0 Å². The van der Waals surface area contributed by atoms with Gasteiger partial charge in [-0.05, 0) is 48.9 Å². The first-order chi connectivity index (χ1) is 11.8. The molecule has 132 valence electrons. The summed E-state index contributed by atoms with van der Waals surface area (Å²) in [5, 5.41) is 5.96. The number of sulfonamides is 1. The van der Waals surface area contributed by atoms with E-state index in [9.17, 15) is 17.6 Å². The molecule has 1 aliphatic heterocycles. The molecule has 0 spiro atoms. The molecule has 0 bridgehead atoms. The quantitative estimate of drug-likeness (QED) is 0.849. The van der Waals surface area contributed by atoms with Crippen LogP contribution in [0.4, 0.5) is 10.1 Å². The highest BCUT2D eigenvalue weighted by atomic mass is 32.2. The molecule has 0 aromatic heterocycles. The summed E-state index contributed by atoms with van der Waals surface area (Å²) in [5.74, 6) is -0.459. The third-order valence-electron chi connectivity index (χ3n) is 3.74. The van der Waals surface area contributed by atoms with E-state index in [1.165, 1.54) is 53.2 Å². The Morgan fingerprint density at radius 1 is 1.12 bits per heavy atom. The van der Waals surface area contributed by atoms with Crippen molar-refractivity contribution in [1.82, 2.24) is 5.01 Å². The highest BCUT2D eigenvalue weighted by Crippen LogP contribution is 2.42. The van der Waals surface area contributed by atoms with Gasteiger partial charge in [-0.3, -0.25) is 10.2 Å². The van der Waals surface area contributed by atoms with Gasteiger partial charge < -0.3 is 0 Å². The van der Waals surface area contributed by atoms with Gasteiger partial charge in [0.25, 0.3) is 5.91 Å². The zero-order chi connectivity index (χ0) is 18.2. The van der Waals surface area contributed by atoms with Gasteiger partial charge in [0, 0.05) is 0 Å². The van der Waals surface area contributed by atoms with Crippen molar-refractivity contribution in [2.75, 3.05) is 5.43 Å². The minimum atomic E-state index is -3.77. The second kappa shape index (κ2) is 6.66. The lowest BCUT2D eigenvalue weighted by Crippen LogP contribution is -2.35. The monoisotopic (exact) mass is 381 g/mol. The zero-order valence-corrected chi connectivity index (χ0v) is 14.9. The second-order valence-electron chi connectivity index (χ2n) is 5.57. The molecule has 1 heterocycles. The number of carbonyl (C=O) groups excluding carboxylic acids is 1. The molecule has 3 N–H and O–H groups in total. The minimum absolute atomic E-state index is 0.0105. The molecular formula is C16H16FN3O3S2. The van der Waals surface area contributed by atoms with Crippen molar-refractivity contribution in [1.29, 1.82) is 0 Å². The Labute approximate surface area is 149 Å². The highest BCUT2D eigenvalue weighted by molar-refractivity contribution is 8.01. The van der Waals surface area contributed by atoms with E-state index >= 15 is 0 Å². The number of hydrogen-bond donors (Lipinski definition) is 2. The molecule has 1 amide bonds. The third-order valence-corrected chi connectivity index (χ3v) is 6.02. The van der Waals surface area contributed by atoms with Crippen LogP contribution in [-0.4, -0.2) is 24.6 Å². The average Bonchev–Trinajstić information content (AvgIpc) is 2.84. The predicted octanol–water partition coefficient (Wildman–Crippen LogP) is 2.46. The predicted molar refractivity (Wildman–Crippen MR) is 94.5 cm³/mol. The van der Waals surface area contributed by atoms with Crippen LogP contribution in [0, 0.1) is 5.82 Å². The maximum Gasteiger partial charge on any atom is 0.255 e. The topological polar surface area (TPSA) is 92.5 Å². The first-order valence-electron chi connectivity index (χ1n) is 7.39. The number of rotatable bonds is 4. The molecule has 9 heteroatoms. The Bertz CT molecular complexity index is 886. The number of primary sulfonamides is 1. The number of thioether (sulfide) groups is 1. The normalized spacial score (nSPS) is 20.8. The Hall–Kier alpha value is -2.10. The molecule has 1 saturated heterocycles. The maximum absolute atomic E-state index is 13.1. The molecule has 2 atom stereocenters. The molecule has 0 saturated carbocycles. The molecule has 2 aromatic carbocycles. The summed E-state index contributed by atoms with van der Waals surface area (Å²) in [7, 11) is -3.77. The zero-order valence-electron chi connectivity index (χ0n) is 13.2. The van der Waals surface area contributed by atoms with Gasteiger partial charge in [0.05, 0.1) is 15.8 Å². The van der Waals surface area contributed by atoms with Crippen LogP contribution in [0.3, 0.4) is 0 Å². The highest BCUT2D eigenvalue weighted by Gasteiger charge is 2.39. The van der Waals surface area contributed by atoms with Crippen molar-refractivity contribution < 1.29 is 17.6 Å². The summed E-state index contributed by atoms with van der Waals surface area (Å²) in [6, 6.07) is 11.8. The van der Waals surface area contributed by atoms with Crippen molar-refractivity contribution in [3.8, 4) is 0 Å². The molecular weight excluding hydrogens is 365 g/mol. The van der Waals surface area contributed by atoms with E-state index in [1.54, 1.807) is 19.1 Å². The Kier molecular flexibility index (Phi) is 4.72. The summed E-state index contributed by atoms with van der Waals surface area (Å²) in [6.07, 6.45) is 0. The van der Waals surface area contributed by atoms with Crippen molar-refractivity contribution in [3.63, 3.8) is 0 Å². The van der Waals surface area contributed by atoms with E-state index in [0.29, 0.717) is 5.69 Å². The SMILES string of the molecule is CC1SC(c2ccc(F)cc2)N(Nc2ccc(S(N)(=O)=O)cc2)C1=O. The average molecular weight is 381 g/mol. The van der Waals surface area contributed by atoms with Gasteiger partial charge >= 0.3 is 0 Å². The smallest absolute Gasteiger partial charge is 0.255 e. The van der Waals surface area contributed by atoms with Crippen molar-refractivity contribution >= 4 is 33.4 Å². The number of hydrogen-bond acceptors (Lipinski definition) is 5. The van der Waals surface area contributed by atoms with Gasteiger partial charge in [-0.1, -0.05) is 12.1 Å². The molecule has 3 rings (SSSR count). The van der Waals surface area contributed by atoms with Crippen molar-refractivity contribution in [3.05, 3.63) is 59.9 Å². The number of hydrazine groups is 1. The number of nitrogens with one attached hydrogen (secondary N) is 1. The molecule has 1 aliphatic rings. The summed E-state index contributed by atoms with van der Waals surface area (Å²) in [5.41, 5.74) is 4.33. The number of anilines is 1. The van der Waals surface area contributed by atoms with Crippen LogP contribution in [0.5, 0.6) is 0 Å². The van der Waals surface area contributed by atoms with Crippen LogP contribution in [0.15, 0.2) is 53.4 Å². The lowest BCUT2D eigenvalue weighted by molar-refractivity contribution is -0.128. The number of benzene rings is 2. The van der Waals surface area contributed by atoms with Crippen molar-refractivity contribution in [2.45, 2.75) is 22.4 Å². The van der Waals surface area contributed by atoms with E-state index in [2.05, 4.69) is 5.43 Å². The number of halogens is 1. The van der Waals surface area contributed by atoms with Crippen LogP contribution >= 0.6 is 11.8 Å². The van der Waals surface area contributed by atoms with E-state index in [4.69, 9.17) is 5.14 Å². The van der Waals surface area contributed by atoms with Crippen LogP contribution in [0.1, 0.15) is 17.9 Å². The van der Waals surface area contributed by atoms with Gasteiger partial charge in [-0.2, -0.15) is 0 Å². The Morgan fingerprint density at radius 3 is 2.28 bits per heavy atom. The molecule has 1 fully saturated rings. The first kappa shape index (κ1) is 17.7. The van der Waals surface area contributed by atoms with E-state index < -0.39 is 10.0 Å².